The highest BCUT2D eigenvalue weighted by Crippen LogP contribution is 2.28. The third kappa shape index (κ3) is 4.26. The average Bonchev–Trinajstić information content (AvgIpc) is 3.20. The molecule has 0 aliphatic carbocycles. The van der Waals surface area contributed by atoms with Crippen LogP contribution in [0.25, 0.3) is 0 Å². The van der Waals surface area contributed by atoms with Gasteiger partial charge in [-0.05, 0) is 44.0 Å². The molecular formula is C18H24N2O3S. The van der Waals surface area contributed by atoms with Crippen LogP contribution in [0.3, 0.4) is 0 Å². The first-order valence-corrected chi connectivity index (χ1v) is 9.34. The van der Waals surface area contributed by atoms with Crippen LogP contribution in [0.2, 0.25) is 0 Å². The molecule has 24 heavy (non-hydrogen) atoms. The number of furan rings is 1. The molecule has 2 atom stereocenters. The van der Waals surface area contributed by atoms with Crippen LogP contribution in [0.1, 0.15) is 59.2 Å². The second-order valence-electron chi connectivity index (χ2n) is 6.41. The molecule has 2 aromatic heterocycles. The van der Waals surface area contributed by atoms with E-state index in [1.807, 2.05) is 17.5 Å². The molecule has 1 amide bonds. The number of aliphatic hydroxyl groups excluding tert-OH is 1. The quantitative estimate of drug-likeness (QED) is 0.839. The van der Waals surface area contributed by atoms with Gasteiger partial charge in [-0.1, -0.05) is 12.8 Å². The van der Waals surface area contributed by atoms with Crippen LogP contribution in [-0.2, 0) is 6.54 Å². The Bertz CT molecular complexity index is 653. The van der Waals surface area contributed by atoms with Crippen LogP contribution in [0.5, 0.6) is 0 Å². The summed E-state index contributed by atoms with van der Waals surface area (Å²) >= 11 is 1.57. The van der Waals surface area contributed by atoms with E-state index in [-0.39, 0.29) is 5.91 Å². The van der Waals surface area contributed by atoms with Gasteiger partial charge in [0.15, 0.2) is 0 Å². The molecule has 6 heteroatoms. The largest absolute Gasteiger partial charge is 0.467 e. The van der Waals surface area contributed by atoms with E-state index in [4.69, 9.17) is 10.2 Å². The summed E-state index contributed by atoms with van der Waals surface area (Å²) in [6.07, 6.45) is 6.34. The third-order valence-corrected chi connectivity index (χ3v) is 5.58. The number of primary amides is 1. The fourth-order valence-electron chi connectivity index (χ4n) is 3.36. The Morgan fingerprint density at radius 1 is 1.46 bits per heavy atom. The fraction of sp³-hybridized carbons (Fsp3) is 0.500. The highest BCUT2D eigenvalue weighted by Gasteiger charge is 2.25. The standard InChI is InChI=1S/C18H24N2O3S/c19-18(22)13-9-15(24-12-13)11-20-7-3-1-2-5-14(20)10-16(21)17-6-4-8-23-17/h4,6,8-9,12,14,16,21H,1-3,5,7,10-11H2,(H2,19,22)/t14-,16+/m0/s1. The van der Waals surface area contributed by atoms with Crippen LogP contribution < -0.4 is 5.73 Å². The van der Waals surface area contributed by atoms with Crippen molar-refractivity contribution in [2.45, 2.75) is 50.8 Å². The summed E-state index contributed by atoms with van der Waals surface area (Å²) in [6, 6.07) is 5.83. The molecule has 130 valence electrons. The van der Waals surface area contributed by atoms with E-state index in [1.165, 1.54) is 19.3 Å². The van der Waals surface area contributed by atoms with Crippen molar-refractivity contribution in [1.29, 1.82) is 0 Å². The monoisotopic (exact) mass is 348 g/mol. The molecule has 0 unspecified atom stereocenters. The molecule has 0 saturated carbocycles. The molecule has 0 bridgehead atoms. The predicted octanol–water partition coefficient (Wildman–Crippen LogP) is 3.31. The van der Waals surface area contributed by atoms with Crippen LogP contribution in [0.4, 0.5) is 0 Å². The Morgan fingerprint density at radius 3 is 3.04 bits per heavy atom. The molecular weight excluding hydrogens is 324 g/mol. The number of likely N-dealkylation sites (tertiary alicyclic amines) is 1. The highest BCUT2D eigenvalue weighted by atomic mass is 32.1. The maximum Gasteiger partial charge on any atom is 0.249 e. The molecule has 5 nitrogen and oxygen atoms in total. The van der Waals surface area contributed by atoms with Gasteiger partial charge in [0.2, 0.25) is 5.91 Å². The van der Waals surface area contributed by atoms with Crippen molar-refractivity contribution in [3.8, 4) is 0 Å². The lowest BCUT2D eigenvalue weighted by Crippen LogP contribution is -2.35. The normalized spacial score (nSPS) is 20.6. The molecule has 3 N–H and O–H groups in total. The van der Waals surface area contributed by atoms with Gasteiger partial charge in [-0.25, -0.2) is 0 Å². The molecule has 1 aliphatic heterocycles. The summed E-state index contributed by atoms with van der Waals surface area (Å²) in [5.41, 5.74) is 5.92. The van der Waals surface area contributed by atoms with Crippen LogP contribution in [0, 0.1) is 0 Å². The predicted molar refractivity (Wildman–Crippen MR) is 93.8 cm³/mol. The lowest BCUT2D eigenvalue weighted by Gasteiger charge is -2.30. The second kappa shape index (κ2) is 7.96. The maximum atomic E-state index is 11.3. The number of nitrogens with zero attached hydrogens (tertiary/aromatic N) is 1. The second-order valence-corrected chi connectivity index (χ2v) is 7.40. The van der Waals surface area contributed by atoms with Gasteiger partial charge < -0.3 is 15.3 Å². The molecule has 3 heterocycles. The number of rotatable bonds is 6. The molecule has 2 aromatic rings. The summed E-state index contributed by atoms with van der Waals surface area (Å²) in [6.45, 7) is 1.81. The van der Waals surface area contributed by atoms with Crippen molar-refractivity contribution in [1.82, 2.24) is 4.90 Å². The molecule has 0 spiro atoms. The summed E-state index contributed by atoms with van der Waals surface area (Å²) in [5, 5.41) is 12.3. The van der Waals surface area contributed by atoms with Crippen molar-refractivity contribution < 1.29 is 14.3 Å². The van der Waals surface area contributed by atoms with Crippen molar-refractivity contribution in [2.24, 2.45) is 5.73 Å². The highest BCUT2D eigenvalue weighted by molar-refractivity contribution is 7.10. The molecule has 0 radical (unpaired) electrons. The summed E-state index contributed by atoms with van der Waals surface area (Å²) in [4.78, 5) is 14.8. The zero-order chi connectivity index (χ0) is 16.9. The summed E-state index contributed by atoms with van der Waals surface area (Å²) in [7, 11) is 0. The van der Waals surface area contributed by atoms with Crippen molar-refractivity contribution >= 4 is 17.2 Å². The molecule has 1 fully saturated rings. The van der Waals surface area contributed by atoms with Crippen LogP contribution in [-0.4, -0.2) is 28.5 Å². The molecule has 1 aliphatic rings. The number of aliphatic hydroxyl groups is 1. The van der Waals surface area contributed by atoms with E-state index in [0.717, 1.165) is 24.4 Å². The minimum Gasteiger partial charge on any atom is -0.467 e. The number of carbonyl (C=O) groups excluding carboxylic acids is 1. The first kappa shape index (κ1) is 17.2. The van der Waals surface area contributed by atoms with Crippen molar-refractivity contribution in [3.05, 3.63) is 46.0 Å². The first-order valence-electron chi connectivity index (χ1n) is 8.46. The smallest absolute Gasteiger partial charge is 0.249 e. The van der Waals surface area contributed by atoms with Gasteiger partial charge in [0, 0.05) is 22.8 Å². The number of hydrogen-bond donors (Lipinski definition) is 2. The maximum absolute atomic E-state index is 11.3. The molecule has 3 rings (SSSR count). The summed E-state index contributed by atoms with van der Waals surface area (Å²) < 4.78 is 5.33. The van der Waals surface area contributed by atoms with Crippen molar-refractivity contribution in [3.63, 3.8) is 0 Å². The average molecular weight is 348 g/mol. The number of hydrogen-bond acceptors (Lipinski definition) is 5. The van der Waals surface area contributed by atoms with E-state index in [2.05, 4.69) is 4.90 Å². The van der Waals surface area contributed by atoms with E-state index >= 15 is 0 Å². The Kier molecular flexibility index (Phi) is 5.71. The number of carbonyl (C=O) groups is 1. The minimum atomic E-state index is -0.574. The van der Waals surface area contributed by atoms with E-state index < -0.39 is 6.10 Å². The van der Waals surface area contributed by atoms with E-state index in [9.17, 15) is 9.90 Å². The Morgan fingerprint density at radius 2 is 2.33 bits per heavy atom. The van der Waals surface area contributed by atoms with Gasteiger partial charge in [0.1, 0.15) is 11.9 Å². The Hall–Kier alpha value is -1.63. The number of thiophene rings is 1. The minimum absolute atomic E-state index is 0.312. The van der Waals surface area contributed by atoms with E-state index in [1.54, 1.807) is 23.7 Å². The SMILES string of the molecule is NC(=O)c1csc(CN2CCCCC[C@H]2C[C@@H](O)c2ccco2)c1. The zero-order valence-electron chi connectivity index (χ0n) is 13.7. The zero-order valence-corrected chi connectivity index (χ0v) is 14.5. The van der Waals surface area contributed by atoms with Gasteiger partial charge in [0.05, 0.1) is 11.8 Å². The van der Waals surface area contributed by atoms with Crippen LogP contribution >= 0.6 is 11.3 Å². The number of nitrogens with two attached hydrogens (primary N) is 1. The van der Waals surface area contributed by atoms with Crippen LogP contribution in [0.15, 0.2) is 34.3 Å². The van der Waals surface area contributed by atoms with Gasteiger partial charge >= 0.3 is 0 Å². The van der Waals surface area contributed by atoms with Gasteiger partial charge in [-0.15, -0.1) is 11.3 Å². The molecule has 1 saturated heterocycles. The summed E-state index contributed by atoms with van der Waals surface area (Å²) in [5.74, 6) is 0.254. The van der Waals surface area contributed by atoms with E-state index in [0.29, 0.717) is 23.8 Å². The lowest BCUT2D eigenvalue weighted by molar-refractivity contribution is 0.0835. The Labute approximate surface area is 146 Å². The first-order chi connectivity index (χ1) is 11.6. The lowest BCUT2D eigenvalue weighted by atomic mass is 10.0. The topological polar surface area (TPSA) is 79.7 Å². The van der Waals surface area contributed by atoms with Crippen molar-refractivity contribution in [2.75, 3.05) is 6.54 Å². The molecule has 0 aromatic carbocycles. The van der Waals surface area contributed by atoms with Gasteiger partial charge in [-0.2, -0.15) is 0 Å². The van der Waals surface area contributed by atoms with Gasteiger partial charge in [0.25, 0.3) is 0 Å². The third-order valence-electron chi connectivity index (χ3n) is 4.66. The fourth-order valence-corrected chi connectivity index (χ4v) is 4.26. The number of amides is 1. The van der Waals surface area contributed by atoms with Gasteiger partial charge in [-0.3, -0.25) is 9.69 Å². The Balaban J connectivity index is 1.68.